The van der Waals surface area contributed by atoms with E-state index >= 15 is 0 Å². The van der Waals surface area contributed by atoms with Crippen molar-refractivity contribution in [3.05, 3.63) is 170 Å². The number of likely N-dealkylation sites (N-methyl/N-ethyl adjacent to an activating group) is 1. The Morgan fingerprint density at radius 3 is 1.08 bits per heavy atom. The zero-order valence-electron chi connectivity index (χ0n) is 47.3. The van der Waals surface area contributed by atoms with E-state index in [1.807, 2.05) is 21.1 Å². The van der Waals surface area contributed by atoms with E-state index in [1.54, 1.807) is 0 Å². The molecular formula is C66H101NO8. The van der Waals surface area contributed by atoms with Crippen molar-refractivity contribution < 1.29 is 42.9 Å². The number of quaternary nitrogens is 1. The van der Waals surface area contributed by atoms with Gasteiger partial charge in [-0.25, -0.2) is 0 Å². The van der Waals surface area contributed by atoms with Gasteiger partial charge in [0.2, 0.25) is 0 Å². The molecule has 0 aliphatic carbocycles. The van der Waals surface area contributed by atoms with Crippen molar-refractivity contribution in [2.24, 2.45) is 0 Å². The summed E-state index contributed by atoms with van der Waals surface area (Å²) in [7, 11) is 5.88. The molecule has 2 atom stereocenters. The van der Waals surface area contributed by atoms with Gasteiger partial charge >= 0.3 is 11.9 Å². The number of carbonyl (C=O) groups is 3. The SMILES string of the molecule is CC/C=C\C/C=C\C/C=C\C/C=C\C/C=C\C/C=C\C/C=C\C/C=C\CCCCCCC(=O)OC(COC(=O)CCCC/C=C\C/C=C\C/C=C\C/C=C\C/C=C\C/C=C\CC)COC(OCC[N+](C)(C)C)C(=O)[O-]. The highest BCUT2D eigenvalue weighted by atomic mass is 16.7. The van der Waals surface area contributed by atoms with Crippen LogP contribution < -0.4 is 5.11 Å². The molecule has 0 spiro atoms. The third-order valence-electron chi connectivity index (χ3n) is 11.0. The second kappa shape index (κ2) is 54.9. The fourth-order valence-corrected chi connectivity index (χ4v) is 6.67. The van der Waals surface area contributed by atoms with E-state index in [9.17, 15) is 19.5 Å². The smallest absolute Gasteiger partial charge is 0.306 e. The molecule has 0 saturated carbocycles. The van der Waals surface area contributed by atoms with Crippen molar-refractivity contribution >= 4 is 17.9 Å². The average Bonchev–Trinajstić information content (AvgIpc) is 3.38. The molecule has 0 heterocycles. The maximum atomic E-state index is 12.9. The predicted molar refractivity (Wildman–Crippen MR) is 315 cm³/mol. The van der Waals surface area contributed by atoms with Gasteiger partial charge in [0, 0.05) is 12.8 Å². The van der Waals surface area contributed by atoms with Crippen LogP contribution in [0.3, 0.4) is 0 Å². The molecule has 0 saturated heterocycles. The molecule has 0 amide bonds. The minimum absolute atomic E-state index is 0.124. The second-order valence-corrected chi connectivity index (χ2v) is 19.1. The first-order valence-corrected chi connectivity index (χ1v) is 28.3. The first kappa shape index (κ1) is 69.7. The Bertz CT molecular complexity index is 1830. The van der Waals surface area contributed by atoms with Gasteiger partial charge in [-0.15, -0.1) is 0 Å². The van der Waals surface area contributed by atoms with Crippen molar-refractivity contribution in [1.29, 1.82) is 0 Å². The van der Waals surface area contributed by atoms with Gasteiger partial charge < -0.3 is 33.3 Å². The summed E-state index contributed by atoms with van der Waals surface area (Å²) in [6, 6.07) is 0. The van der Waals surface area contributed by atoms with Crippen LogP contribution in [0.1, 0.15) is 168 Å². The Morgan fingerprint density at radius 1 is 0.400 bits per heavy atom. The average molecular weight is 1040 g/mol. The van der Waals surface area contributed by atoms with Crippen LogP contribution >= 0.6 is 0 Å². The molecule has 0 fully saturated rings. The van der Waals surface area contributed by atoms with Crippen LogP contribution in [0.15, 0.2) is 170 Å². The van der Waals surface area contributed by atoms with E-state index in [-0.39, 0.29) is 32.7 Å². The summed E-state index contributed by atoms with van der Waals surface area (Å²) in [4.78, 5) is 37.3. The number of ether oxygens (including phenoxy) is 4. The lowest BCUT2D eigenvalue weighted by Gasteiger charge is -2.26. The predicted octanol–water partition coefficient (Wildman–Crippen LogP) is 15.4. The fraction of sp³-hybridized carbons (Fsp3) is 0.530. The van der Waals surface area contributed by atoms with Gasteiger partial charge in [0.25, 0.3) is 0 Å². The van der Waals surface area contributed by atoms with Gasteiger partial charge in [-0.1, -0.05) is 197 Å². The Balaban J connectivity index is 4.46. The maximum Gasteiger partial charge on any atom is 0.306 e. The highest BCUT2D eigenvalue weighted by molar-refractivity contribution is 5.70. The Labute approximate surface area is 457 Å². The Hall–Kier alpha value is -5.35. The summed E-state index contributed by atoms with van der Waals surface area (Å²) in [5.74, 6) is -2.41. The lowest BCUT2D eigenvalue weighted by atomic mass is 10.1. The molecule has 418 valence electrons. The quantitative estimate of drug-likeness (QED) is 0.0195. The number of carboxylic acids is 1. The number of hydrogen-bond donors (Lipinski definition) is 0. The Kier molecular flexibility index (Phi) is 51.0. The van der Waals surface area contributed by atoms with E-state index < -0.39 is 30.3 Å². The van der Waals surface area contributed by atoms with Crippen molar-refractivity contribution in [3.8, 4) is 0 Å². The summed E-state index contributed by atoms with van der Waals surface area (Å²) in [5.41, 5.74) is 0. The minimum Gasteiger partial charge on any atom is -0.545 e. The van der Waals surface area contributed by atoms with Crippen LogP contribution in [-0.4, -0.2) is 82.3 Å². The molecule has 0 N–H and O–H groups in total. The van der Waals surface area contributed by atoms with Crippen LogP contribution in [0.4, 0.5) is 0 Å². The summed E-state index contributed by atoms with van der Waals surface area (Å²) in [6.07, 6.45) is 79.7. The topological polar surface area (TPSA) is 111 Å². The summed E-state index contributed by atoms with van der Waals surface area (Å²) >= 11 is 0. The molecule has 0 bridgehead atoms. The second-order valence-electron chi connectivity index (χ2n) is 19.1. The molecule has 75 heavy (non-hydrogen) atoms. The monoisotopic (exact) mass is 1040 g/mol. The third kappa shape index (κ3) is 56.2. The lowest BCUT2D eigenvalue weighted by Crippen LogP contribution is -2.44. The van der Waals surface area contributed by atoms with Gasteiger partial charge in [-0.2, -0.15) is 0 Å². The first-order chi connectivity index (χ1) is 36.6. The molecule has 9 heteroatoms. The number of rotatable bonds is 49. The molecule has 0 aromatic heterocycles. The largest absolute Gasteiger partial charge is 0.545 e. The van der Waals surface area contributed by atoms with Gasteiger partial charge in [-0.05, 0) is 128 Å². The molecule has 0 aromatic carbocycles. The summed E-state index contributed by atoms with van der Waals surface area (Å²) in [6.45, 7) is 4.39. The van der Waals surface area contributed by atoms with Crippen LogP contribution in [0, 0.1) is 0 Å². The minimum atomic E-state index is -1.65. The maximum absolute atomic E-state index is 12.9. The number of allylic oxidation sites excluding steroid dienone is 28. The van der Waals surface area contributed by atoms with Crippen molar-refractivity contribution in [3.63, 3.8) is 0 Å². The molecule has 0 aromatic rings. The fourth-order valence-electron chi connectivity index (χ4n) is 6.67. The number of nitrogens with zero attached hydrogens (tertiary/aromatic N) is 1. The molecule has 2 unspecified atom stereocenters. The number of hydrogen-bond acceptors (Lipinski definition) is 8. The normalized spacial score (nSPS) is 14.1. The molecule has 0 radical (unpaired) electrons. The molecule has 9 nitrogen and oxygen atoms in total. The summed E-state index contributed by atoms with van der Waals surface area (Å²) in [5, 5.41) is 11.8. The molecule has 0 aliphatic heterocycles. The van der Waals surface area contributed by atoms with E-state index in [0.717, 1.165) is 128 Å². The van der Waals surface area contributed by atoms with E-state index in [0.29, 0.717) is 23.9 Å². The Morgan fingerprint density at radius 2 is 0.720 bits per heavy atom. The number of esters is 2. The van der Waals surface area contributed by atoms with Crippen molar-refractivity contribution in [2.75, 3.05) is 47.5 Å². The lowest BCUT2D eigenvalue weighted by molar-refractivity contribution is -0.870. The van der Waals surface area contributed by atoms with Gasteiger partial charge in [0.05, 0.1) is 40.3 Å². The van der Waals surface area contributed by atoms with Crippen molar-refractivity contribution in [2.45, 2.75) is 180 Å². The zero-order chi connectivity index (χ0) is 54.8. The van der Waals surface area contributed by atoms with Crippen molar-refractivity contribution in [1.82, 2.24) is 0 Å². The highest BCUT2D eigenvalue weighted by Gasteiger charge is 2.21. The van der Waals surface area contributed by atoms with Crippen LogP contribution in [0.2, 0.25) is 0 Å². The number of carbonyl (C=O) groups excluding carboxylic acids is 3. The van der Waals surface area contributed by atoms with Crippen LogP contribution in [0.25, 0.3) is 0 Å². The molecular weight excluding hydrogens is 935 g/mol. The van der Waals surface area contributed by atoms with E-state index in [4.69, 9.17) is 18.9 Å². The van der Waals surface area contributed by atoms with Gasteiger partial charge in [-0.3, -0.25) is 9.59 Å². The van der Waals surface area contributed by atoms with Gasteiger partial charge in [0.15, 0.2) is 12.4 Å². The summed E-state index contributed by atoms with van der Waals surface area (Å²) < 4.78 is 22.6. The highest BCUT2D eigenvalue weighted by Crippen LogP contribution is 2.11. The molecule has 0 rings (SSSR count). The van der Waals surface area contributed by atoms with E-state index in [2.05, 4.69) is 184 Å². The van der Waals surface area contributed by atoms with Crippen LogP contribution in [0.5, 0.6) is 0 Å². The number of unbranched alkanes of at least 4 members (excludes halogenated alkanes) is 6. The zero-order valence-corrected chi connectivity index (χ0v) is 47.3. The first-order valence-electron chi connectivity index (χ1n) is 28.3. The van der Waals surface area contributed by atoms with Crippen LogP contribution in [-0.2, 0) is 33.3 Å². The number of aliphatic carboxylic acids is 1. The standard InChI is InChI=1S/C66H101NO8/c1-6-8-10-12-14-16-18-20-22-24-26-28-29-30-31-32-33-34-35-37-39-41-43-45-47-49-51-53-55-57-64(69)75-62(61-74-66(65(70)71)72-59-58-67(3,4)5)60-73-63(68)56-54-52-50-48-46-44-42-40-38-36-27-25-23-21-19-17-15-13-11-9-7-2/h8-11,14-17,20-23,26-28,30-31,33-34,36-37,39-40,42-43,45-46,48,62,66H,6-7,12-13,18-19,24-25,29,32,35,38,41,44,47,49-61H2,1-5H3/b10-8-,11-9-,16-14-,17-15-,22-20-,23-21-,28-26-,31-30-,34-33-,36-27-,39-37-,42-40-,45-43-,48-46-. The third-order valence-corrected chi connectivity index (χ3v) is 11.0. The van der Waals surface area contributed by atoms with Gasteiger partial charge in [0.1, 0.15) is 13.2 Å². The number of carboxylic acid groups (broad SMARTS) is 1. The molecule has 0 aliphatic rings. The van der Waals surface area contributed by atoms with E-state index in [1.165, 1.54) is 0 Å².